The number of fused-ring (bicyclic) bond motifs is 1. The first-order valence-electron chi connectivity index (χ1n) is 10.6. The number of nitrogens with zero attached hydrogens (tertiary/aromatic N) is 3. The van der Waals surface area contributed by atoms with Crippen LogP contribution in [0.5, 0.6) is 0 Å². The van der Waals surface area contributed by atoms with Gasteiger partial charge in [-0.05, 0) is 38.0 Å². The zero-order valence-electron chi connectivity index (χ0n) is 19.1. The molecule has 1 unspecified atom stereocenters. The smallest absolute Gasteiger partial charge is 0.359 e. The lowest BCUT2D eigenvalue weighted by atomic mass is 9.92. The number of hydrogen-bond donors (Lipinski definition) is 1. The standard InChI is InChI=1S/C25H26N4O4/c1-16-10-11-19(17(2)12-16)29-22(30)21-20(23(31)33-4)27-15-28(21)14-25(29,3)24(32)26-13-18-8-6-5-7-9-18/h5-12,15H,13-14H2,1-4H3,(H,26,32). The average molecular weight is 447 g/mol. The van der Waals surface area contributed by atoms with Crippen LogP contribution < -0.4 is 10.2 Å². The summed E-state index contributed by atoms with van der Waals surface area (Å²) in [6, 6.07) is 15.2. The zero-order chi connectivity index (χ0) is 23.8. The van der Waals surface area contributed by atoms with Crippen molar-refractivity contribution in [2.45, 2.75) is 39.4 Å². The third-order valence-corrected chi connectivity index (χ3v) is 5.97. The van der Waals surface area contributed by atoms with Gasteiger partial charge >= 0.3 is 5.97 Å². The Morgan fingerprint density at radius 1 is 1.15 bits per heavy atom. The van der Waals surface area contributed by atoms with Gasteiger partial charge in [-0.2, -0.15) is 0 Å². The van der Waals surface area contributed by atoms with Crippen molar-refractivity contribution in [3.05, 3.63) is 82.9 Å². The maximum absolute atomic E-state index is 13.8. The molecule has 0 fully saturated rings. The van der Waals surface area contributed by atoms with Crippen LogP contribution in [-0.4, -0.2) is 40.0 Å². The average Bonchev–Trinajstić information content (AvgIpc) is 3.22. The number of aromatic nitrogens is 2. The Kier molecular flexibility index (Phi) is 5.76. The molecule has 4 rings (SSSR count). The summed E-state index contributed by atoms with van der Waals surface area (Å²) in [4.78, 5) is 45.2. The number of hydrogen-bond acceptors (Lipinski definition) is 5. The normalized spacial score (nSPS) is 17.5. The lowest BCUT2D eigenvalue weighted by Crippen LogP contribution is -2.64. The minimum absolute atomic E-state index is 0.0657. The van der Waals surface area contributed by atoms with Gasteiger partial charge < -0.3 is 14.6 Å². The van der Waals surface area contributed by atoms with E-state index < -0.39 is 17.4 Å². The molecule has 0 radical (unpaired) electrons. The summed E-state index contributed by atoms with van der Waals surface area (Å²) >= 11 is 0. The van der Waals surface area contributed by atoms with E-state index in [4.69, 9.17) is 4.74 Å². The summed E-state index contributed by atoms with van der Waals surface area (Å²) in [7, 11) is 1.24. The number of esters is 1. The Hall–Kier alpha value is -3.94. The highest BCUT2D eigenvalue weighted by Crippen LogP contribution is 2.36. The molecule has 0 saturated carbocycles. The van der Waals surface area contributed by atoms with Crippen LogP contribution in [-0.2, 0) is 22.6 Å². The molecule has 2 heterocycles. The van der Waals surface area contributed by atoms with E-state index in [9.17, 15) is 14.4 Å². The van der Waals surface area contributed by atoms with Crippen LogP contribution >= 0.6 is 0 Å². The highest BCUT2D eigenvalue weighted by molar-refractivity contribution is 6.15. The predicted octanol–water partition coefficient (Wildman–Crippen LogP) is 3.02. The fourth-order valence-electron chi connectivity index (χ4n) is 4.28. The summed E-state index contributed by atoms with van der Waals surface area (Å²) in [5.74, 6) is -1.49. The number of rotatable bonds is 5. The SMILES string of the molecule is COC(=O)c1ncn2c1C(=O)N(c1ccc(C)cc1C)C(C)(C(=O)NCc1ccccc1)C2. The van der Waals surface area contributed by atoms with Crippen LogP contribution in [0.2, 0.25) is 0 Å². The molecule has 2 amide bonds. The number of methoxy groups -OCH3 is 1. The number of nitrogens with one attached hydrogen (secondary N) is 1. The molecule has 170 valence electrons. The minimum atomic E-state index is -1.26. The van der Waals surface area contributed by atoms with Crippen molar-refractivity contribution < 1.29 is 19.1 Å². The van der Waals surface area contributed by atoms with Gasteiger partial charge in [-0.1, -0.05) is 48.0 Å². The fourth-order valence-corrected chi connectivity index (χ4v) is 4.28. The van der Waals surface area contributed by atoms with Gasteiger partial charge in [0.1, 0.15) is 11.2 Å². The molecule has 3 aromatic rings. The number of benzene rings is 2. The molecule has 1 aromatic heterocycles. The molecular weight excluding hydrogens is 420 g/mol. The van der Waals surface area contributed by atoms with Gasteiger partial charge in [0.25, 0.3) is 5.91 Å². The van der Waals surface area contributed by atoms with Crippen LogP contribution in [0.15, 0.2) is 54.9 Å². The molecule has 1 N–H and O–H groups in total. The van der Waals surface area contributed by atoms with E-state index >= 15 is 0 Å². The summed E-state index contributed by atoms with van der Waals surface area (Å²) in [6.07, 6.45) is 1.40. The van der Waals surface area contributed by atoms with Gasteiger partial charge in [-0.25, -0.2) is 9.78 Å². The van der Waals surface area contributed by atoms with E-state index in [2.05, 4.69) is 10.3 Å². The van der Waals surface area contributed by atoms with Crippen LogP contribution in [0.3, 0.4) is 0 Å². The first-order valence-corrected chi connectivity index (χ1v) is 10.6. The third-order valence-electron chi connectivity index (χ3n) is 5.97. The molecule has 0 aliphatic carbocycles. The van der Waals surface area contributed by atoms with E-state index in [1.165, 1.54) is 18.3 Å². The molecule has 1 atom stereocenters. The van der Waals surface area contributed by atoms with Gasteiger partial charge in [0.05, 0.1) is 20.0 Å². The van der Waals surface area contributed by atoms with E-state index in [0.29, 0.717) is 12.2 Å². The molecule has 0 bridgehead atoms. The molecule has 0 spiro atoms. The summed E-state index contributed by atoms with van der Waals surface area (Å²) in [5, 5.41) is 2.97. The van der Waals surface area contributed by atoms with Gasteiger partial charge in [0.15, 0.2) is 5.69 Å². The van der Waals surface area contributed by atoms with E-state index in [0.717, 1.165) is 16.7 Å². The van der Waals surface area contributed by atoms with Crippen molar-refractivity contribution in [1.82, 2.24) is 14.9 Å². The summed E-state index contributed by atoms with van der Waals surface area (Å²) in [5.41, 5.74) is 2.22. The number of anilines is 1. The monoisotopic (exact) mass is 446 g/mol. The van der Waals surface area contributed by atoms with E-state index in [1.54, 1.807) is 11.5 Å². The van der Waals surface area contributed by atoms with E-state index in [1.807, 2.05) is 62.4 Å². The van der Waals surface area contributed by atoms with Crippen molar-refractivity contribution in [3.8, 4) is 0 Å². The van der Waals surface area contributed by atoms with Crippen LogP contribution in [0.25, 0.3) is 0 Å². The molecule has 8 nitrogen and oxygen atoms in total. The predicted molar refractivity (Wildman–Crippen MR) is 123 cm³/mol. The second kappa shape index (κ2) is 8.54. The Bertz CT molecular complexity index is 1230. The maximum atomic E-state index is 13.8. The Morgan fingerprint density at radius 2 is 1.88 bits per heavy atom. The number of ether oxygens (including phenoxy) is 1. The summed E-state index contributed by atoms with van der Waals surface area (Å²) in [6.45, 7) is 6.04. The first-order chi connectivity index (χ1) is 15.8. The molecule has 1 aliphatic rings. The highest BCUT2D eigenvalue weighted by atomic mass is 16.5. The molecule has 33 heavy (non-hydrogen) atoms. The quantitative estimate of drug-likeness (QED) is 0.608. The van der Waals surface area contributed by atoms with E-state index in [-0.39, 0.29) is 23.8 Å². The van der Waals surface area contributed by atoms with Crippen molar-refractivity contribution >= 4 is 23.5 Å². The Labute approximate surface area is 192 Å². The van der Waals surface area contributed by atoms with Crippen molar-refractivity contribution in [3.63, 3.8) is 0 Å². The fraction of sp³-hybridized carbons (Fsp3) is 0.280. The zero-order valence-corrected chi connectivity index (χ0v) is 19.1. The van der Waals surface area contributed by atoms with Crippen molar-refractivity contribution in [2.24, 2.45) is 0 Å². The molecular formula is C25H26N4O4. The number of amides is 2. The van der Waals surface area contributed by atoms with Gasteiger partial charge in [-0.15, -0.1) is 0 Å². The first kappa shape index (κ1) is 22.3. The topological polar surface area (TPSA) is 93.5 Å². The number of imidazole rings is 1. The van der Waals surface area contributed by atoms with Gasteiger partial charge in [0, 0.05) is 12.2 Å². The third kappa shape index (κ3) is 3.88. The maximum Gasteiger partial charge on any atom is 0.359 e. The number of aryl methyl sites for hydroxylation is 2. The van der Waals surface area contributed by atoms with Crippen molar-refractivity contribution in [1.29, 1.82) is 0 Å². The van der Waals surface area contributed by atoms with Crippen LogP contribution in [0.1, 0.15) is 44.6 Å². The highest BCUT2D eigenvalue weighted by Gasteiger charge is 2.50. The molecule has 8 heteroatoms. The second-order valence-electron chi connectivity index (χ2n) is 8.43. The van der Waals surface area contributed by atoms with Crippen LogP contribution in [0, 0.1) is 13.8 Å². The lowest BCUT2D eigenvalue weighted by Gasteiger charge is -2.44. The second-order valence-corrected chi connectivity index (χ2v) is 8.43. The lowest BCUT2D eigenvalue weighted by molar-refractivity contribution is -0.126. The number of carbonyl (C=O) groups is 3. The van der Waals surface area contributed by atoms with Gasteiger partial charge in [0.2, 0.25) is 5.91 Å². The Balaban J connectivity index is 1.79. The van der Waals surface area contributed by atoms with Crippen LogP contribution in [0.4, 0.5) is 5.69 Å². The Morgan fingerprint density at radius 3 is 2.55 bits per heavy atom. The number of carbonyl (C=O) groups excluding carboxylic acids is 3. The van der Waals surface area contributed by atoms with Gasteiger partial charge in [-0.3, -0.25) is 14.5 Å². The molecule has 2 aromatic carbocycles. The minimum Gasteiger partial charge on any atom is -0.464 e. The largest absolute Gasteiger partial charge is 0.464 e. The molecule has 1 aliphatic heterocycles. The van der Waals surface area contributed by atoms with Crippen molar-refractivity contribution in [2.75, 3.05) is 12.0 Å². The summed E-state index contributed by atoms with van der Waals surface area (Å²) < 4.78 is 6.36. The molecule has 0 saturated heterocycles.